The number of nitrogens with one attached hydrogen (secondary N) is 1. The summed E-state index contributed by atoms with van der Waals surface area (Å²) in [6, 6.07) is 8.26. The van der Waals surface area contributed by atoms with Crippen LogP contribution in [-0.2, 0) is 6.54 Å². The molecule has 1 aromatic carbocycles. The highest BCUT2D eigenvalue weighted by Crippen LogP contribution is 2.56. The molecule has 1 saturated carbocycles. The van der Waals surface area contributed by atoms with Crippen molar-refractivity contribution in [2.45, 2.75) is 38.8 Å². The quantitative estimate of drug-likeness (QED) is 0.806. The molecule has 0 bridgehead atoms. The van der Waals surface area contributed by atoms with E-state index in [0.29, 0.717) is 18.0 Å². The van der Waals surface area contributed by atoms with Gasteiger partial charge in [0.1, 0.15) is 5.75 Å². The maximum absolute atomic E-state index is 13.4. The average molecular weight is 407 g/mol. The fourth-order valence-corrected chi connectivity index (χ4v) is 4.91. The molecule has 4 rings (SSSR count). The van der Waals surface area contributed by atoms with E-state index in [1.165, 1.54) is 18.4 Å². The molecule has 2 fully saturated rings. The Morgan fingerprint density at radius 2 is 2.11 bits per heavy atom. The summed E-state index contributed by atoms with van der Waals surface area (Å²) < 4.78 is 5.43. The van der Waals surface area contributed by atoms with E-state index in [1.807, 2.05) is 25.1 Å². The Hall–Kier alpha value is -1.56. The number of ether oxygens (including phenoxy) is 1. The van der Waals surface area contributed by atoms with E-state index in [-0.39, 0.29) is 18.3 Å². The lowest BCUT2D eigenvalue weighted by atomic mass is 9.93. The molecule has 1 saturated heterocycles. The molecule has 2 aliphatic rings. The zero-order chi connectivity index (χ0) is 18.1. The van der Waals surface area contributed by atoms with Gasteiger partial charge < -0.3 is 15.0 Å². The molecule has 0 radical (unpaired) electrons. The summed E-state index contributed by atoms with van der Waals surface area (Å²) in [5, 5.41) is 7.68. The van der Waals surface area contributed by atoms with Gasteiger partial charge in [-0.05, 0) is 84.8 Å². The molecule has 1 aliphatic heterocycles. The van der Waals surface area contributed by atoms with Crippen LogP contribution in [0.2, 0.25) is 0 Å². The summed E-state index contributed by atoms with van der Waals surface area (Å²) in [6.45, 7) is 4.82. The smallest absolute Gasteiger partial charge is 0.254 e. The fourth-order valence-electron chi connectivity index (χ4n) is 4.25. The van der Waals surface area contributed by atoms with Gasteiger partial charge in [-0.3, -0.25) is 4.79 Å². The first-order valence-corrected chi connectivity index (χ1v) is 10.2. The lowest BCUT2D eigenvalue weighted by Crippen LogP contribution is -2.39. The van der Waals surface area contributed by atoms with E-state index in [0.717, 1.165) is 36.4 Å². The Kier molecular flexibility index (Phi) is 6.14. The number of halogens is 1. The van der Waals surface area contributed by atoms with E-state index in [1.54, 1.807) is 18.4 Å². The summed E-state index contributed by atoms with van der Waals surface area (Å²) in [4.78, 5) is 15.5. The normalized spacial score (nSPS) is 20.0. The van der Waals surface area contributed by atoms with Gasteiger partial charge in [-0.25, -0.2) is 0 Å². The first-order valence-electron chi connectivity index (χ1n) is 9.30. The third-order valence-electron chi connectivity index (χ3n) is 5.97. The minimum Gasteiger partial charge on any atom is -0.496 e. The fraction of sp³-hybridized carbons (Fsp3) is 0.476. The summed E-state index contributed by atoms with van der Waals surface area (Å²) in [6.07, 6.45) is 3.47. The van der Waals surface area contributed by atoms with Crippen LogP contribution in [-0.4, -0.2) is 37.0 Å². The number of hydrogen-bond acceptors (Lipinski definition) is 4. The van der Waals surface area contributed by atoms with Crippen molar-refractivity contribution in [3.8, 4) is 5.75 Å². The SMILES string of the molecule is COc1cc(C(=O)N(Cc2ccsc2)C2CC23CCNCC3)ccc1C.Cl. The number of thiophene rings is 1. The lowest BCUT2D eigenvalue weighted by molar-refractivity contribution is 0.0692. The van der Waals surface area contributed by atoms with Gasteiger partial charge in [0.15, 0.2) is 0 Å². The first-order chi connectivity index (χ1) is 12.6. The molecule has 27 heavy (non-hydrogen) atoms. The van der Waals surface area contributed by atoms with Crippen LogP contribution < -0.4 is 10.1 Å². The van der Waals surface area contributed by atoms with Crippen molar-refractivity contribution in [2.75, 3.05) is 20.2 Å². The van der Waals surface area contributed by atoms with Gasteiger partial charge in [0.25, 0.3) is 5.91 Å². The second kappa shape index (κ2) is 8.21. The highest BCUT2D eigenvalue weighted by molar-refractivity contribution is 7.07. The zero-order valence-electron chi connectivity index (χ0n) is 15.9. The van der Waals surface area contributed by atoms with E-state index >= 15 is 0 Å². The molecule has 6 heteroatoms. The van der Waals surface area contributed by atoms with Crippen LogP contribution in [0, 0.1) is 12.3 Å². The number of carbonyl (C=O) groups is 1. The first kappa shape index (κ1) is 20.2. The van der Waals surface area contributed by atoms with E-state index in [4.69, 9.17) is 4.74 Å². The third-order valence-corrected chi connectivity index (χ3v) is 6.70. The van der Waals surface area contributed by atoms with Gasteiger partial charge in [0.2, 0.25) is 0 Å². The van der Waals surface area contributed by atoms with Gasteiger partial charge >= 0.3 is 0 Å². The number of piperidine rings is 1. The van der Waals surface area contributed by atoms with Crippen molar-refractivity contribution in [3.63, 3.8) is 0 Å². The van der Waals surface area contributed by atoms with Gasteiger partial charge in [0.05, 0.1) is 7.11 Å². The Balaban J connectivity index is 0.00000210. The van der Waals surface area contributed by atoms with Gasteiger partial charge in [0, 0.05) is 18.2 Å². The molecule has 2 aromatic rings. The number of carbonyl (C=O) groups excluding carboxylic acids is 1. The lowest BCUT2D eigenvalue weighted by Gasteiger charge is -2.30. The molecular formula is C21H27ClN2O2S. The molecular weight excluding hydrogens is 380 g/mol. The predicted octanol–water partition coefficient (Wildman–Crippen LogP) is 4.27. The van der Waals surface area contributed by atoms with Crippen LogP contribution in [0.25, 0.3) is 0 Å². The Labute approximate surface area is 171 Å². The zero-order valence-corrected chi connectivity index (χ0v) is 17.5. The molecule has 1 amide bonds. The van der Waals surface area contributed by atoms with Crippen molar-refractivity contribution in [2.24, 2.45) is 5.41 Å². The maximum atomic E-state index is 13.4. The molecule has 4 nitrogen and oxygen atoms in total. The largest absolute Gasteiger partial charge is 0.496 e. The Morgan fingerprint density at radius 3 is 2.78 bits per heavy atom. The van der Waals surface area contributed by atoms with Crippen LogP contribution in [0.3, 0.4) is 0 Å². The van der Waals surface area contributed by atoms with Crippen molar-refractivity contribution < 1.29 is 9.53 Å². The average Bonchev–Trinajstić information content (AvgIpc) is 3.09. The van der Waals surface area contributed by atoms with E-state index in [9.17, 15) is 4.79 Å². The van der Waals surface area contributed by atoms with Crippen LogP contribution in [0.5, 0.6) is 5.75 Å². The maximum Gasteiger partial charge on any atom is 0.254 e. The summed E-state index contributed by atoms with van der Waals surface area (Å²) in [5.74, 6) is 0.897. The summed E-state index contributed by atoms with van der Waals surface area (Å²) >= 11 is 1.69. The molecule has 1 aliphatic carbocycles. The minimum absolute atomic E-state index is 0. The topological polar surface area (TPSA) is 41.6 Å². The number of rotatable bonds is 5. The number of aryl methyl sites for hydroxylation is 1. The van der Waals surface area contributed by atoms with Crippen LogP contribution in [0.1, 0.15) is 40.7 Å². The van der Waals surface area contributed by atoms with Crippen molar-refractivity contribution in [3.05, 3.63) is 51.7 Å². The molecule has 1 atom stereocenters. The standard InChI is InChI=1S/C21H26N2O2S.ClH/c1-15-3-4-17(11-18(15)25-2)20(24)23(13-16-5-10-26-14-16)19-12-21(19)6-8-22-9-7-21;/h3-5,10-11,14,19,22H,6-9,12-13H2,1-2H3;1H. The number of amides is 1. The Bertz CT molecular complexity index is 787. The molecule has 2 heterocycles. The third kappa shape index (κ3) is 4.00. The van der Waals surface area contributed by atoms with Crippen molar-refractivity contribution in [1.82, 2.24) is 10.2 Å². The monoisotopic (exact) mass is 406 g/mol. The molecule has 1 N–H and O–H groups in total. The second-order valence-electron chi connectivity index (χ2n) is 7.58. The second-order valence-corrected chi connectivity index (χ2v) is 8.36. The van der Waals surface area contributed by atoms with Gasteiger partial charge in [-0.1, -0.05) is 6.07 Å². The highest BCUT2D eigenvalue weighted by Gasteiger charge is 2.57. The predicted molar refractivity (Wildman–Crippen MR) is 112 cm³/mol. The molecule has 146 valence electrons. The van der Waals surface area contributed by atoms with Crippen LogP contribution in [0.4, 0.5) is 0 Å². The van der Waals surface area contributed by atoms with E-state index in [2.05, 4.69) is 27.0 Å². The summed E-state index contributed by atoms with van der Waals surface area (Å²) in [7, 11) is 1.66. The van der Waals surface area contributed by atoms with E-state index < -0.39 is 0 Å². The minimum atomic E-state index is 0. The number of benzene rings is 1. The Morgan fingerprint density at radius 1 is 1.33 bits per heavy atom. The van der Waals surface area contributed by atoms with Crippen LogP contribution >= 0.6 is 23.7 Å². The highest BCUT2D eigenvalue weighted by atomic mass is 35.5. The van der Waals surface area contributed by atoms with Gasteiger partial charge in [-0.2, -0.15) is 11.3 Å². The van der Waals surface area contributed by atoms with Crippen LogP contribution in [0.15, 0.2) is 35.0 Å². The number of methoxy groups -OCH3 is 1. The number of hydrogen-bond donors (Lipinski definition) is 1. The molecule has 1 aromatic heterocycles. The molecule has 1 unspecified atom stereocenters. The molecule has 1 spiro atoms. The summed E-state index contributed by atoms with van der Waals surface area (Å²) in [5.41, 5.74) is 3.32. The number of nitrogens with zero attached hydrogens (tertiary/aromatic N) is 1. The van der Waals surface area contributed by atoms with Crippen molar-refractivity contribution >= 4 is 29.7 Å². The van der Waals surface area contributed by atoms with Gasteiger partial charge in [-0.15, -0.1) is 12.4 Å². The van der Waals surface area contributed by atoms with Crippen molar-refractivity contribution in [1.29, 1.82) is 0 Å².